The third kappa shape index (κ3) is 0.901. The summed E-state index contributed by atoms with van der Waals surface area (Å²) >= 11 is 0. The quantitative estimate of drug-likeness (QED) is 0.541. The third-order valence-electron chi connectivity index (χ3n) is 2.68. The zero-order chi connectivity index (χ0) is 9.57. The van der Waals surface area contributed by atoms with Crippen LogP contribution in [0.1, 0.15) is 27.7 Å². The van der Waals surface area contributed by atoms with E-state index in [1.165, 1.54) is 0 Å². The van der Waals surface area contributed by atoms with E-state index >= 15 is 0 Å². The second kappa shape index (κ2) is 2.20. The molecule has 0 unspecified atom stereocenters. The molecule has 0 aromatic heterocycles. The first kappa shape index (κ1) is 9.01. The smallest absolute Gasteiger partial charge is 0.231 e. The van der Waals surface area contributed by atoms with Crippen LogP contribution in [0.5, 0.6) is 0 Å². The average molecular weight is 166 g/mol. The van der Waals surface area contributed by atoms with Crippen molar-refractivity contribution in [2.45, 2.75) is 38.8 Å². The topological polar surface area (TPSA) is 59.3 Å². The highest BCUT2D eigenvalue weighted by Gasteiger charge is 2.49. The monoisotopic (exact) mass is 166 g/mol. The highest BCUT2D eigenvalue weighted by Crippen LogP contribution is 2.36. The Kier molecular flexibility index (Phi) is 1.66. The molecule has 0 aliphatic carbocycles. The van der Waals surface area contributed by atoms with Gasteiger partial charge in [0.2, 0.25) is 5.84 Å². The fraction of sp³-hybridized carbons (Fsp3) is 0.750. The van der Waals surface area contributed by atoms with Gasteiger partial charge in [0.15, 0.2) is 0 Å². The number of nitrogens with zero attached hydrogens (tertiary/aromatic N) is 3. The van der Waals surface area contributed by atoms with Gasteiger partial charge in [-0.3, -0.25) is 0 Å². The summed E-state index contributed by atoms with van der Waals surface area (Å²) in [6, 6.07) is 1.79. The van der Waals surface area contributed by atoms with E-state index in [4.69, 9.17) is 5.26 Å². The van der Waals surface area contributed by atoms with E-state index in [1.807, 2.05) is 13.8 Å². The molecule has 12 heavy (non-hydrogen) atoms. The molecule has 4 nitrogen and oxygen atoms in total. The van der Waals surface area contributed by atoms with E-state index in [0.29, 0.717) is 5.06 Å². The van der Waals surface area contributed by atoms with E-state index in [1.54, 1.807) is 19.9 Å². The van der Waals surface area contributed by atoms with Crippen molar-refractivity contribution < 1.29 is 5.21 Å². The number of amidine groups is 1. The first-order chi connectivity index (χ1) is 5.33. The van der Waals surface area contributed by atoms with Crippen LogP contribution in [0.25, 0.3) is 0 Å². The highest BCUT2D eigenvalue weighted by molar-refractivity contribution is 5.98. The first-order valence-electron chi connectivity index (χ1n) is 3.80. The van der Waals surface area contributed by atoms with Gasteiger partial charge in [0.05, 0.1) is 11.1 Å². The zero-order valence-corrected chi connectivity index (χ0v) is 7.75. The van der Waals surface area contributed by atoms with Crippen LogP contribution in [-0.2, 0) is 5.21 Å². The van der Waals surface area contributed by atoms with Gasteiger partial charge in [0.25, 0.3) is 0 Å². The molecule has 0 amide bonds. The molecule has 1 heterocycles. The molecule has 1 aliphatic heterocycles. The summed E-state index contributed by atoms with van der Waals surface area (Å²) in [5.41, 5.74) is -1.11. The molecule has 0 atom stereocenters. The molecule has 0 fully saturated rings. The van der Waals surface area contributed by atoms with Crippen molar-refractivity contribution in [3.8, 4) is 6.07 Å². The molecule has 0 saturated heterocycles. The highest BCUT2D eigenvalue weighted by atomic mass is 16.5. The SMILES string of the molecule is CC1(C)N=C(C#N)N([O])C1(C)C. The number of hydrogen-bond acceptors (Lipinski definition) is 3. The summed E-state index contributed by atoms with van der Waals surface area (Å²) in [4.78, 5) is 4.04. The Balaban J connectivity index is 3.13. The van der Waals surface area contributed by atoms with Gasteiger partial charge in [-0.25, -0.2) is 4.99 Å². The molecule has 1 rings (SSSR count). The molecule has 0 spiro atoms. The minimum atomic E-state index is -0.627. The summed E-state index contributed by atoms with van der Waals surface area (Å²) in [6.45, 7) is 7.27. The third-order valence-corrected chi connectivity index (χ3v) is 2.68. The van der Waals surface area contributed by atoms with Crippen LogP contribution >= 0.6 is 0 Å². The number of hydroxylamine groups is 2. The van der Waals surface area contributed by atoms with Gasteiger partial charge in [-0.2, -0.15) is 10.3 Å². The van der Waals surface area contributed by atoms with Gasteiger partial charge in [-0.05, 0) is 27.7 Å². The Morgan fingerprint density at radius 3 is 2.08 bits per heavy atom. The summed E-state index contributed by atoms with van der Waals surface area (Å²) in [6.07, 6.45) is 0. The molecular weight excluding hydrogens is 154 g/mol. The van der Waals surface area contributed by atoms with Gasteiger partial charge in [-0.15, -0.1) is 0 Å². The lowest BCUT2D eigenvalue weighted by Crippen LogP contribution is -2.50. The maximum Gasteiger partial charge on any atom is 0.231 e. The van der Waals surface area contributed by atoms with Crippen LogP contribution in [0.2, 0.25) is 0 Å². The minimum Gasteiger partial charge on any atom is -0.248 e. The maximum atomic E-state index is 11.4. The van der Waals surface area contributed by atoms with Crippen molar-refractivity contribution in [3.63, 3.8) is 0 Å². The normalized spacial score (nSPS) is 25.0. The van der Waals surface area contributed by atoms with E-state index in [0.717, 1.165) is 0 Å². The standard InChI is InChI=1S/C8H12N3O/c1-7(2)8(3,4)11(12)6(5-9)10-7/h1-4H3. The van der Waals surface area contributed by atoms with Crippen molar-refractivity contribution in [3.05, 3.63) is 0 Å². The Hall–Kier alpha value is -1.08. The van der Waals surface area contributed by atoms with Gasteiger partial charge < -0.3 is 0 Å². The second-order valence-corrected chi connectivity index (χ2v) is 3.96. The molecule has 65 valence electrons. The fourth-order valence-corrected chi connectivity index (χ4v) is 1.03. The molecule has 1 radical (unpaired) electrons. The zero-order valence-electron chi connectivity index (χ0n) is 7.75. The van der Waals surface area contributed by atoms with Crippen LogP contribution in [0.3, 0.4) is 0 Å². The van der Waals surface area contributed by atoms with Crippen molar-refractivity contribution in [2.75, 3.05) is 0 Å². The Morgan fingerprint density at radius 1 is 1.42 bits per heavy atom. The molecule has 0 aromatic carbocycles. The molecule has 1 aliphatic rings. The van der Waals surface area contributed by atoms with Crippen LogP contribution in [0.4, 0.5) is 0 Å². The van der Waals surface area contributed by atoms with Crippen molar-refractivity contribution in [1.82, 2.24) is 5.06 Å². The number of nitriles is 1. The summed E-state index contributed by atoms with van der Waals surface area (Å²) in [7, 11) is 0. The van der Waals surface area contributed by atoms with E-state index in [2.05, 4.69) is 4.99 Å². The van der Waals surface area contributed by atoms with E-state index in [9.17, 15) is 5.21 Å². The summed E-state index contributed by atoms with van der Waals surface area (Å²) in [5.74, 6) is -0.0231. The van der Waals surface area contributed by atoms with Gasteiger partial charge in [0.1, 0.15) is 6.07 Å². The number of hydrogen-bond donors (Lipinski definition) is 0. The predicted octanol–water partition coefficient (Wildman–Crippen LogP) is 1.13. The average Bonchev–Trinajstić information content (AvgIpc) is 2.11. The van der Waals surface area contributed by atoms with Crippen molar-refractivity contribution >= 4 is 5.84 Å². The van der Waals surface area contributed by atoms with Crippen molar-refractivity contribution in [2.24, 2.45) is 4.99 Å². The van der Waals surface area contributed by atoms with Crippen LogP contribution in [0, 0.1) is 11.3 Å². The van der Waals surface area contributed by atoms with Crippen LogP contribution in [0.15, 0.2) is 4.99 Å². The van der Waals surface area contributed by atoms with Crippen LogP contribution < -0.4 is 0 Å². The molecule has 0 N–H and O–H groups in total. The number of rotatable bonds is 0. The molecule has 0 bridgehead atoms. The second-order valence-electron chi connectivity index (χ2n) is 3.96. The lowest BCUT2D eigenvalue weighted by molar-refractivity contribution is -0.157. The lowest BCUT2D eigenvalue weighted by Gasteiger charge is -2.34. The molecule has 4 heteroatoms. The largest absolute Gasteiger partial charge is 0.248 e. The maximum absolute atomic E-state index is 11.4. The lowest BCUT2D eigenvalue weighted by atomic mass is 9.84. The minimum absolute atomic E-state index is 0.0231. The Labute approximate surface area is 72.1 Å². The van der Waals surface area contributed by atoms with Gasteiger partial charge in [-0.1, -0.05) is 5.21 Å². The first-order valence-corrected chi connectivity index (χ1v) is 3.80. The Bertz CT molecular complexity index is 273. The molecular formula is C8H12N3O. The predicted molar refractivity (Wildman–Crippen MR) is 43.7 cm³/mol. The summed E-state index contributed by atoms with van der Waals surface area (Å²) < 4.78 is 0. The Morgan fingerprint density at radius 2 is 1.92 bits per heavy atom. The van der Waals surface area contributed by atoms with E-state index < -0.39 is 11.1 Å². The molecule has 0 saturated carbocycles. The van der Waals surface area contributed by atoms with Gasteiger partial charge in [0, 0.05) is 0 Å². The molecule has 0 aromatic rings. The van der Waals surface area contributed by atoms with Crippen LogP contribution in [-0.4, -0.2) is 22.0 Å². The van der Waals surface area contributed by atoms with Gasteiger partial charge >= 0.3 is 0 Å². The van der Waals surface area contributed by atoms with Crippen molar-refractivity contribution in [1.29, 1.82) is 5.26 Å². The summed E-state index contributed by atoms with van der Waals surface area (Å²) in [5, 5.41) is 20.7. The van der Waals surface area contributed by atoms with E-state index in [-0.39, 0.29) is 5.84 Å². The number of aliphatic imine (C=N–C) groups is 1. The fourth-order valence-electron chi connectivity index (χ4n) is 1.03.